The Bertz CT molecular complexity index is 955. The van der Waals surface area contributed by atoms with E-state index in [0.717, 1.165) is 10.6 Å². The monoisotopic (exact) mass is 393 g/mol. The average Bonchev–Trinajstić information content (AvgIpc) is 3.11. The van der Waals surface area contributed by atoms with Crippen LogP contribution in [-0.4, -0.2) is 22.2 Å². The van der Waals surface area contributed by atoms with Crippen molar-refractivity contribution in [2.45, 2.75) is 6.54 Å². The normalized spacial score (nSPS) is 10.6. The summed E-state index contributed by atoms with van der Waals surface area (Å²) >= 11 is 13.4. The van der Waals surface area contributed by atoms with Crippen LogP contribution in [0.25, 0.3) is 10.6 Å². The van der Waals surface area contributed by atoms with Gasteiger partial charge in [-0.15, -0.1) is 11.3 Å². The van der Waals surface area contributed by atoms with E-state index in [-0.39, 0.29) is 29.6 Å². The first-order valence-electron chi connectivity index (χ1n) is 7.40. The van der Waals surface area contributed by atoms with Gasteiger partial charge in [0.15, 0.2) is 0 Å². The third-order valence-electron chi connectivity index (χ3n) is 3.43. The molecule has 0 aliphatic carbocycles. The lowest BCUT2D eigenvalue weighted by Gasteiger charge is -2.09. The smallest absolute Gasteiger partial charge is 0.266 e. The second-order valence-electron chi connectivity index (χ2n) is 5.14. The highest BCUT2D eigenvalue weighted by atomic mass is 35.5. The van der Waals surface area contributed by atoms with Crippen molar-refractivity contribution in [3.63, 3.8) is 0 Å². The van der Waals surface area contributed by atoms with Crippen LogP contribution in [0.2, 0.25) is 10.0 Å². The summed E-state index contributed by atoms with van der Waals surface area (Å²) in [5, 5.41) is 9.74. The van der Waals surface area contributed by atoms with Gasteiger partial charge < -0.3 is 5.32 Å². The number of benzene rings is 1. The second-order valence-corrected chi connectivity index (χ2v) is 6.93. The minimum atomic E-state index is -0.330. The molecule has 3 aromatic rings. The number of thiophene rings is 1. The number of amides is 1. The summed E-state index contributed by atoms with van der Waals surface area (Å²) in [4.78, 5) is 25.1. The number of carbonyl (C=O) groups excluding carboxylic acids is 1. The maximum Gasteiger partial charge on any atom is 0.266 e. The number of aromatic nitrogens is 2. The molecule has 25 heavy (non-hydrogen) atoms. The van der Waals surface area contributed by atoms with Crippen molar-refractivity contribution in [3.05, 3.63) is 73.8 Å². The minimum Gasteiger partial charge on any atom is -0.350 e. The van der Waals surface area contributed by atoms with Gasteiger partial charge in [-0.05, 0) is 35.7 Å². The molecule has 2 aromatic heterocycles. The Balaban J connectivity index is 1.67. The van der Waals surface area contributed by atoms with E-state index in [4.69, 9.17) is 23.2 Å². The van der Waals surface area contributed by atoms with E-state index in [0.29, 0.717) is 10.6 Å². The van der Waals surface area contributed by atoms with Crippen molar-refractivity contribution in [2.75, 3.05) is 6.54 Å². The molecule has 1 aromatic carbocycles. The molecule has 2 heterocycles. The summed E-state index contributed by atoms with van der Waals surface area (Å²) in [6.07, 6.45) is 0. The van der Waals surface area contributed by atoms with Crippen molar-refractivity contribution < 1.29 is 4.79 Å². The van der Waals surface area contributed by atoms with Gasteiger partial charge in [0.2, 0.25) is 0 Å². The van der Waals surface area contributed by atoms with Crippen LogP contribution in [0.5, 0.6) is 0 Å². The van der Waals surface area contributed by atoms with Crippen LogP contribution < -0.4 is 10.9 Å². The summed E-state index contributed by atoms with van der Waals surface area (Å²) in [6.45, 7) is 0.508. The lowest BCUT2D eigenvalue weighted by molar-refractivity contribution is 0.0952. The zero-order valence-corrected chi connectivity index (χ0v) is 15.2. The molecule has 0 saturated carbocycles. The van der Waals surface area contributed by atoms with E-state index in [9.17, 15) is 9.59 Å². The standard InChI is InChI=1S/C17H13Cl2N3O2S/c18-11-3-4-12(13(19)10-11)17(24)20-7-8-22-16(23)6-5-14(21-22)15-2-1-9-25-15/h1-6,9-10H,7-8H2,(H,20,24). The molecule has 128 valence electrons. The van der Waals surface area contributed by atoms with Crippen molar-refractivity contribution in [2.24, 2.45) is 0 Å². The van der Waals surface area contributed by atoms with Gasteiger partial charge in [-0.25, -0.2) is 4.68 Å². The molecule has 0 saturated heterocycles. The van der Waals surface area contributed by atoms with Crippen LogP contribution in [0, 0.1) is 0 Å². The van der Waals surface area contributed by atoms with Crippen LogP contribution in [0.4, 0.5) is 0 Å². The summed E-state index contributed by atoms with van der Waals surface area (Å²) < 4.78 is 1.33. The number of carbonyl (C=O) groups is 1. The summed E-state index contributed by atoms with van der Waals surface area (Å²) in [6, 6.07) is 11.7. The average molecular weight is 394 g/mol. The number of nitrogens with zero attached hydrogens (tertiary/aromatic N) is 2. The van der Waals surface area contributed by atoms with Gasteiger partial charge in [-0.1, -0.05) is 29.3 Å². The number of hydrogen-bond donors (Lipinski definition) is 1. The number of nitrogens with one attached hydrogen (secondary N) is 1. The molecule has 1 amide bonds. The molecule has 0 radical (unpaired) electrons. The van der Waals surface area contributed by atoms with Crippen LogP contribution >= 0.6 is 34.5 Å². The highest BCUT2D eigenvalue weighted by Gasteiger charge is 2.10. The SMILES string of the molecule is O=C(NCCn1nc(-c2cccs2)ccc1=O)c1ccc(Cl)cc1Cl. The molecular weight excluding hydrogens is 381 g/mol. The Morgan fingerprint density at radius 1 is 1.20 bits per heavy atom. The van der Waals surface area contributed by atoms with Crippen LogP contribution in [0.1, 0.15) is 10.4 Å². The largest absolute Gasteiger partial charge is 0.350 e. The predicted octanol–water partition coefficient (Wildman–Crippen LogP) is 3.71. The van der Waals surface area contributed by atoms with Gasteiger partial charge >= 0.3 is 0 Å². The highest BCUT2D eigenvalue weighted by Crippen LogP contribution is 2.21. The Morgan fingerprint density at radius 2 is 2.04 bits per heavy atom. The maximum atomic E-state index is 12.2. The van der Waals surface area contributed by atoms with Crippen LogP contribution in [0.15, 0.2) is 52.6 Å². The van der Waals surface area contributed by atoms with Gasteiger partial charge in [-0.2, -0.15) is 5.10 Å². The molecule has 0 spiro atoms. The molecule has 3 rings (SSSR count). The molecule has 5 nitrogen and oxygen atoms in total. The zero-order valence-electron chi connectivity index (χ0n) is 12.9. The molecule has 0 aliphatic heterocycles. The fourth-order valence-corrected chi connectivity index (χ4v) is 3.39. The quantitative estimate of drug-likeness (QED) is 0.718. The van der Waals surface area contributed by atoms with Gasteiger partial charge in [0, 0.05) is 17.6 Å². The Labute approximate surface area is 157 Å². The minimum absolute atomic E-state index is 0.223. The van der Waals surface area contributed by atoms with Crippen LogP contribution in [-0.2, 0) is 6.54 Å². The lowest BCUT2D eigenvalue weighted by atomic mass is 10.2. The number of hydrogen-bond acceptors (Lipinski definition) is 4. The zero-order chi connectivity index (χ0) is 17.8. The van der Waals surface area contributed by atoms with Gasteiger partial charge in [0.1, 0.15) is 5.69 Å². The lowest BCUT2D eigenvalue weighted by Crippen LogP contribution is -2.32. The second kappa shape index (κ2) is 7.82. The Hall–Kier alpha value is -2.15. The van der Waals surface area contributed by atoms with Crippen molar-refractivity contribution in [1.82, 2.24) is 15.1 Å². The first kappa shape index (κ1) is 17.7. The van der Waals surface area contributed by atoms with E-state index in [1.54, 1.807) is 29.5 Å². The van der Waals surface area contributed by atoms with Crippen molar-refractivity contribution >= 4 is 40.4 Å². The molecule has 0 aliphatic rings. The van der Waals surface area contributed by atoms with E-state index in [1.165, 1.54) is 16.8 Å². The molecule has 0 bridgehead atoms. The first-order valence-corrected chi connectivity index (χ1v) is 9.03. The molecule has 0 unspecified atom stereocenters. The molecular formula is C17H13Cl2N3O2S. The third kappa shape index (κ3) is 4.28. The van der Waals surface area contributed by atoms with Crippen molar-refractivity contribution in [1.29, 1.82) is 0 Å². The predicted molar refractivity (Wildman–Crippen MR) is 101 cm³/mol. The number of halogens is 2. The maximum absolute atomic E-state index is 12.2. The first-order chi connectivity index (χ1) is 12.0. The van der Waals surface area contributed by atoms with Crippen LogP contribution in [0.3, 0.4) is 0 Å². The number of rotatable bonds is 5. The third-order valence-corrected chi connectivity index (χ3v) is 4.87. The summed E-state index contributed by atoms with van der Waals surface area (Å²) in [5.41, 5.74) is 0.833. The van der Waals surface area contributed by atoms with Crippen molar-refractivity contribution in [3.8, 4) is 10.6 Å². The molecule has 8 heteroatoms. The fourth-order valence-electron chi connectivity index (χ4n) is 2.21. The van der Waals surface area contributed by atoms with E-state index in [2.05, 4.69) is 10.4 Å². The Kier molecular flexibility index (Phi) is 5.53. The van der Waals surface area contributed by atoms with Gasteiger partial charge in [0.05, 0.1) is 22.0 Å². The van der Waals surface area contributed by atoms with Gasteiger partial charge in [0.25, 0.3) is 11.5 Å². The van der Waals surface area contributed by atoms with E-state index < -0.39 is 0 Å². The van der Waals surface area contributed by atoms with E-state index in [1.807, 2.05) is 17.5 Å². The Morgan fingerprint density at radius 3 is 2.76 bits per heavy atom. The topological polar surface area (TPSA) is 64.0 Å². The summed E-state index contributed by atoms with van der Waals surface area (Å²) in [7, 11) is 0. The molecule has 0 atom stereocenters. The molecule has 0 fully saturated rings. The fraction of sp³-hybridized carbons (Fsp3) is 0.118. The molecule has 1 N–H and O–H groups in total. The highest BCUT2D eigenvalue weighted by molar-refractivity contribution is 7.13. The van der Waals surface area contributed by atoms with Gasteiger partial charge in [-0.3, -0.25) is 9.59 Å². The van der Waals surface area contributed by atoms with E-state index >= 15 is 0 Å². The summed E-state index contributed by atoms with van der Waals surface area (Å²) in [5.74, 6) is -0.330.